The molecule has 2 amide bonds. The quantitative estimate of drug-likeness (QED) is 0.867. The largest absolute Gasteiger partial charge is 0.465 e. The Labute approximate surface area is 151 Å². The van der Waals surface area contributed by atoms with Crippen molar-refractivity contribution < 1.29 is 24.2 Å². The van der Waals surface area contributed by atoms with Gasteiger partial charge in [-0.15, -0.1) is 0 Å². The number of likely N-dealkylation sites (tertiary alicyclic amines) is 2. The number of carboxylic acid groups (broad SMARTS) is 1. The van der Waals surface area contributed by atoms with E-state index in [1.807, 2.05) is 30.3 Å². The number of benzene rings is 1. The second-order valence-electron chi connectivity index (χ2n) is 7.00. The molecule has 1 aromatic carbocycles. The fraction of sp³-hybridized carbons (Fsp3) is 0.556. The second-order valence-corrected chi connectivity index (χ2v) is 7.00. The Balaban J connectivity index is 1.27. The molecule has 0 spiro atoms. The molecule has 3 fully saturated rings. The van der Waals surface area contributed by atoms with Gasteiger partial charge in [0.05, 0.1) is 25.3 Å². The summed E-state index contributed by atoms with van der Waals surface area (Å²) in [6.07, 6.45) is -1.27. The van der Waals surface area contributed by atoms with Gasteiger partial charge in [0, 0.05) is 32.2 Å². The number of nitrogens with zero attached hydrogens (tertiary/aromatic N) is 3. The normalized spacial score (nSPS) is 26.3. The van der Waals surface area contributed by atoms with Crippen molar-refractivity contribution in [2.75, 3.05) is 39.3 Å². The summed E-state index contributed by atoms with van der Waals surface area (Å²) >= 11 is 0. The van der Waals surface area contributed by atoms with Crippen LogP contribution in [0.5, 0.6) is 0 Å². The van der Waals surface area contributed by atoms with E-state index in [-0.39, 0.29) is 30.9 Å². The number of ether oxygens (including phenoxy) is 2. The highest BCUT2D eigenvalue weighted by molar-refractivity contribution is 5.69. The first kappa shape index (κ1) is 17.1. The van der Waals surface area contributed by atoms with Crippen LogP contribution in [0.3, 0.4) is 0 Å². The van der Waals surface area contributed by atoms with E-state index in [2.05, 4.69) is 4.90 Å². The van der Waals surface area contributed by atoms with Gasteiger partial charge in [-0.1, -0.05) is 30.3 Å². The molecule has 3 aliphatic rings. The third kappa shape index (κ3) is 3.34. The molecule has 0 aromatic heterocycles. The van der Waals surface area contributed by atoms with Gasteiger partial charge in [-0.05, 0) is 5.56 Å². The maximum Gasteiger partial charge on any atom is 0.410 e. The van der Waals surface area contributed by atoms with E-state index < -0.39 is 6.09 Å². The number of carbonyl (C=O) groups excluding carboxylic acids is 1. The Morgan fingerprint density at radius 1 is 1.12 bits per heavy atom. The Morgan fingerprint density at radius 2 is 1.88 bits per heavy atom. The molecule has 2 unspecified atom stereocenters. The lowest BCUT2D eigenvalue weighted by Crippen LogP contribution is -2.66. The van der Waals surface area contributed by atoms with Gasteiger partial charge in [-0.25, -0.2) is 9.59 Å². The first-order chi connectivity index (χ1) is 12.6. The molecule has 140 valence electrons. The van der Waals surface area contributed by atoms with Crippen molar-refractivity contribution in [1.82, 2.24) is 14.7 Å². The summed E-state index contributed by atoms with van der Waals surface area (Å²) in [5.74, 6) is 0. The van der Waals surface area contributed by atoms with Crippen molar-refractivity contribution in [3.8, 4) is 0 Å². The highest BCUT2D eigenvalue weighted by Gasteiger charge is 2.47. The predicted octanol–water partition coefficient (Wildman–Crippen LogP) is 1.07. The van der Waals surface area contributed by atoms with Crippen molar-refractivity contribution in [2.24, 2.45) is 0 Å². The Hall–Kier alpha value is -2.32. The van der Waals surface area contributed by atoms with Crippen LogP contribution in [0.1, 0.15) is 5.56 Å². The molecule has 8 heteroatoms. The van der Waals surface area contributed by atoms with Crippen LogP contribution in [0.25, 0.3) is 0 Å². The van der Waals surface area contributed by atoms with Gasteiger partial charge in [0.15, 0.2) is 0 Å². The lowest BCUT2D eigenvalue weighted by atomic mass is 10.0. The minimum atomic E-state index is -0.900. The molecule has 3 saturated heterocycles. The number of rotatable bonds is 3. The van der Waals surface area contributed by atoms with Gasteiger partial charge in [-0.3, -0.25) is 4.90 Å². The molecule has 1 aromatic rings. The SMILES string of the molecule is O=C(O)N1CC2OCCN(C3CN(C(=O)OCc4ccccc4)C3)C2C1. The summed E-state index contributed by atoms with van der Waals surface area (Å²) in [5, 5.41) is 9.21. The van der Waals surface area contributed by atoms with Gasteiger partial charge in [-0.2, -0.15) is 0 Å². The van der Waals surface area contributed by atoms with Gasteiger partial charge >= 0.3 is 12.2 Å². The van der Waals surface area contributed by atoms with Crippen LogP contribution in [-0.2, 0) is 16.1 Å². The van der Waals surface area contributed by atoms with Crippen LogP contribution < -0.4 is 0 Å². The van der Waals surface area contributed by atoms with Crippen LogP contribution in [0.2, 0.25) is 0 Å². The van der Waals surface area contributed by atoms with E-state index in [1.165, 1.54) is 4.90 Å². The summed E-state index contributed by atoms with van der Waals surface area (Å²) in [7, 11) is 0. The number of morpholine rings is 1. The number of fused-ring (bicyclic) bond motifs is 1. The zero-order valence-electron chi connectivity index (χ0n) is 14.5. The lowest BCUT2D eigenvalue weighted by molar-refractivity contribution is -0.0889. The highest BCUT2D eigenvalue weighted by atomic mass is 16.6. The molecule has 3 heterocycles. The molecule has 0 aliphatic carbocycles. The van der Waals surface area contributed by atoms with E-state index in [1.54, 1.807) is 4.90 Å². The van der Waals surface area contributed by atoms with E-state index in [4.69, 9.17) is 9.47 Å². The monoisotopic (exact) mass is 361 g/mol. The number of hydrogen-bond acceptors (Lipinski definition) is 5. The van der Waals surface area contributed by atoms with Crippen molar-refractivity contribution in [3.63, 3.8) is 0 Å². The highest BCUT2D eigenvalue weighted by Crippen LogP contribution is 2.28. The van der Waals surface area contributed by atoms with Crippen LogP contribution in [0.4, 0.5) is 9.59 Å². The summed E-state index contributed by atoms with van der Waals surface area (Å²) in [6, 6.07) is 9.93. The Bertz CT molecular complexity index is 664. The van der Waals surface area contributed by atoms with Crippen molar-refractivity contribution in [3.05, 3.63) is 35.9 Å². The average molecular weight is 361 g/mol. The van der Waals surface area contributed by atoms with Gasteiger partial charge in [0.25, 0.3) is 0 Å². The van der Waals surface area contributed by atoms with Crippen molar-refractivity contribution in [2.45, 2.75) is 24.8 Å². The number of hydrogen-bond donors (Lipinski definition) is 1. The smallest absolute Gasteiger partial charge is 0.410 e. The third-order valence-corrected chi connectivity index (χ3v) is 5.41. The Kier molecular flexibility index (Phi) is 4.69. The van der Waals surface area contributed by atoms with Gasteiger partial charge < -0.3 is 24.4 Å². The molecule has 2 atom stereocenters. The third-order valence-electron chi connectivity index (χ3n) is 5.41. The van der Waals surface area contributed by atoms with Gasteiger partial charge in [0.2, 0.25) is 0 Å². The molecule has 1 N–H and O–H groups in total. The summed E-state index contributed by atoms with van der Waals surface area (Å²) in [6.45, 7) is 3.77. The zero-order chi connectivity index (χ0) is 18.1. The maximum absolute atomic E-state index is 12.2. The van der Waals surface area contributed by atoms with E-state index in [0.717, 1.165) is 12.1 Å². The topological polar surface area (TPSA) is 82.5 Å². The first-order valence-electron chi connectivity index (χ1n) is 8.92. The number of carbonyl (C=O) groups is 2. The van der Waals surface area contributed by atoms with Crippen LogP contribution in [-0.4, -0.2) is 89.5 Å². The first-order valence-corrected chi connectivity index (χ1v) is 8.92. The van der Waals surface area contributed by atoms with Crippen LogP contribution in [0, 0.1) is 0 Å². The second kappa shape index (κ2) is 7.13. The predicted molar refractivity (Wildman–Crippen MR) is 91.8 cm³/mol. The molecular weight excluding hydrogens is 338 g/mol. The average Bonchev–Trinajstić information content (AvgIpc) is 3.05. The molecule has 8 nitrogen and oxygen atoms in total. The van der Waals surface area contributed by atoms with E-state index in [0.29, 0.717) is 32.8 Å². The molecule has 3 aliphatic heterocycles. The Morgan fingerprint density at radius 3 is 2.62 bits per heavy atom. The van der Waals surface area contributed by atoms with E-state index in [9.17, 15) is 14.7 Å². The van der Waals surface area contributed by atoms with Crippen LogP contribution >= 0.6 is 0 Å². The molecular formula is C18H23N3O5. The fourth-order valence-corrected chi connectivity index (χ4v) is 3.95. The summed E-state index contributed by atoms with van der Waals surface area (Å²) in [4.78, 5) is 28.8. The minimum absolute atomic E-state index is 0.0704. The van der Waals surface area contributed by atoms with Gasteiger partial charge in [0.1, 0.15) is 6.61 Å². The molecule has 0 bridgehead atoms. The maximum atomic E-state index is 12.2. The van der Waals surface area contributed by atoms with Crippen molar-refractivity contribution in [1.29, 1.82) is 0 Å². The molecule has 26 heavy (non-hydrogen) atoms. The summed E-state index contributed by atoms with van der Waals surface area (Å²) < 4.78 is 11.1. The molecule has 0 saturated carbocycles. The summed E-state index contributed by atoms with van der Waals surface area (Å²) in [5.41, 5.74) is 0.966. The minimum Gasteiger partial charge on any atom is -0.465 e. The fourth-order valence-electron chi connectivity index (χ4n) is 3.95. The van der Waals surface area contributed by atoms with Crippen molar-refractivity contribution >= 4 is 12.2 Å². The van der Waals surface area contributed by atoms with Crippen LogP contribution in [0.15, 0.2) is 30.3 Å². The molecule has 0 radical (unpaired) electrons. The zero-order valence-corrected chi connectivity index (χ0v) is 14.5. The molecule has 4 rings (SSSR count). The standard InChI is InChI=1S/C18H23N3O5/c22-17(23)19-10-15-16(11-19)25-7-6-21(15)14-8-20(9-14)18(24)26-12-13-4-2-1-3-5-13/h1-5,14-16H,6-12H2,(H,22,23). The van der Waals surface area contributed by atoms with E-state index >= 15 is 0 Å². The lowest BCUT2D eigenvalue weighted by Gasteiger charge is -2.49. The number of amides is 2.